The van der Waals surface area contributed by atoms with Crippen LogP contribution in [0.4, 0.5) is 0 Å². The number of hydrogen-bond donors (Lipinski definition) is 0. The van der Waals surface area contributed by atoms with Gasteiger partial charge in [0.2, 0.25) is 0 Å². The van der Waals surface area contributed by atoms with Crippen LogP contribution >= 0.6 is 0 Å². The first-order valence-corrected chi connectivity index (χ1v) is 7.62. The van der Waals surface area contributed by atoms with Crippen molar-refractivity contribution in [3.63, 3.8) is 0 Å². The largest absolute Gasteiger partial charge is 0.347 e. The van der Waals surface area contributed by atoms with Gasteiger partial charge in [0.05, 0.1) is 17.5 Å². The first kappa shape index (κ1) is 16.6. The Balaban J connectivity index is 1.68. The molecule has 3 rings (SSSR count). The van der Waals surface area contributed by atoms with Crippen LogP contribution in [0, 0.1) is 13.8 Å². The van der Waals surface area contributed by atoms with Gasteiger partial charge in [-0.2, -0.15) is 4.98 Å². The standard InChI is InChI=1S/C17H15N3O5/c1-10-9-11(2)19(17(24)18-10)8-7-14(21)25-20-15(22)12-5-3-4-6-13(12)16(20)23/h3-6,9H,7-8H2,1-2H3. The maximum atomic E-state index is 12.1. The van der Waals surface area contributed by atoms with Crippen LogP contribution in [-0.4, -0.2) is 32.4 Å². The highest BCUT2D eigenvalue weighted by Crippen LogP contribution is 2.22. The summed E-state index contributed by atoms with van der Waals surface area (Å²) >= 11 is 0. The summed E-state index contributed by atoms with van der Waals surface area (Å²) in [7, 11) is 0. The van der Waals surface area contributed by atoms with Crippen molar-refractivity contribution in [3.8, 4) is 0 Å². The van der Waals surface area contributed by atoms with Crippen LogP contribution in [-0.2, 0) is 16.2 Å². The van der Waals surface area contributed by atoms with Gasteiger partial charge in [0.1, 0.15) is 0 Å². The normalized spacial score (nSPS) is 13.1. The summed E-state index contributed by atoms with van der Waals surface area (Å²) in [5, 5.41) is 0.454. The number of nitrogens with zero attached hydrogens (tertiary/aromatic N) is 3. The van der Waals surface area contributed by atoms with Crippen molar-refractivity contribution in [2.75, 3.05) is 0 Å². The molecule has 0 N–H and O–H groups in total. The van der Waals surface area contributed by atoms with Gasteiger partial charge < -0.3 is 4.84 Å². The zero-order chi connectivity index (χ0) is 18.1. The number of fused-ring (bicyclic) bond motifs is 1. The molecular formula is C17H15N3O5. The Hall–Kier alpha value is -3.29. The minimum Gasteiger partial charge on any atom is -0.330 e. The zero-order valence-corrected chi connectivity index (χ0v) is 13.7. The number of imide groups is 1. The zero-order valence-electron chi connectivity index (χ0n) is 13.7. The van der Waals surface area contributed by atoms with E-state index in [2.05, 4.69) is 4.98 Å². The summed E-state index contributed by atoms with van der Waals surface area (Å²) in [6.07, 6.45) is -0.182. The van der Waals surface area contributed by atoms with Gasteiger partial charge >= 0.3 is 11.7 Å². The van der Waals surface area contributed by atoms with Gasteiger partial charge in [0.25, 0.3) is 11.8 Å². The van der Waals surface area contributed by atoms with Gasteiger partial charge in [-0.1, -0.05) is 17.2 Å². The Kier molecular flexibility index (Phi) is 4.18. The third-order valence-electron chi connectivity index (χ3n) is 3.84. The maximum Gasteiger partial charge on any atom is 0.347 e. The molecule has 0 saturated heterocycles. The van der Waals surface area contributed by atoms with Crippen LogP contribution < -0.4 is 5.69 Å². The molecule has 0 saturated carbocycles. The number of amides is 2. The average Bonchev–Trinajstić information content (AvgIpc) is 2.79. The summed E-state index contributed by atoms with van der Waals surface area (Å²) < 4.78 is 1.33. The van der Waals surface area contributed by atoms with E-state index in [9.17, 15) is 19.2 Å². The highest BCUT2D eigenvalue weighted by molar-refractivity contribution is 6.20. The minimum absolute atomic E-state index is 0.0416. The second-order valence-electron chi connectivity index (χ2n) is 5.64. The van der Waals surface area contributed by atoms with E-state index >= 15 is 0 Å². The number of benzene rings is 1. The number of carbonyl (C=O) groups excluding carboxylic acids is 3. The van der Waals surface area contributed by atoms with Crippen molar-refractivity contribution >= 4 is 17.8 Å². The lowest BCUT2D eigenvalue weighted by atomic mass is 10.1. The molecule has 1 aliphatic rings. The summed E-state index contributed by atoms with van der Waals surface area (Å²) in [4.78, 5) is 56.8. The SMILES string of the molecule is Cc1cc(C)n(CCC(=O)ON2C(=O)c3ccccc3C2=O)c(=O)n1. The number of aryl methyl sites for hydroxylation is 2. The Labute approximate surface area is 142 Å². The lowest BCUT2D eigenvalue weighted by Crippen LogP contribution is -2.33. The van der Waals surface area contributed by atoms with Gasteiger partial charge in [0, 0.05) is 17.9 Å². The van der Waals surface area contributed by atoms with Gasteiger partial charge in [-0.05, 0) is 32.0 Å². The molecular weight excluding hydrogens is 326 g/mol. The molecule has 0 unspecified atom stereocenters. The van der Waals surface area contributed by atoms with Crippen LogP contribution in [0.3, 0.4) is 0 Å². The monoisotopic (exact) mass is 341 g/mol. The van der Waals surface area contributed by atoms with E-state index in [1.807, 2.05) is 0 Å². The van der Waals surface area contributed by atoms with E-state index in [0.29, 0.717) is 16.5 Å². The van der Waals surface area contributed by atoms with E-state index in [0.717, 1.165) is 0 Å². The van der Waals surface area contributed by atoms with E-state index in [4.69, 9.17) is 4.84 Å². The van der Waals surface area contributed by atoms with E-state index in [-0.39, 0.29) is 24.1 Å². The number of hydroxylamine groups is 2. The predicted octanol–water partition coefficient (Wildman–Crippen LogP) is 1.00. The van der Waals surface area contributed by atoms with Crippen LogP contribution in [0.25, 0.3) is 0 Å². The first-order chi connectivity index (χ1) is 11.9. The summed E-state index contributed by atoms with van der Waals surface area (Å²) in [5.41, 5.74) is 1.16. The topological polar surface area (TPSA) is 98.6 Å². The van der Waals surface area contributed by atoms with Crippen molar-refractivity contribution in [2.45, 2.75) is 26.8 Å². The molecule has 0 fully saturated rings. The lowest BCUT2D eigenvalue weighted by Gasteiger charge is -2.13. The number of rotatable bonds is 4. The Bertz CT molecular complexity index is 913. The number of hydrogen-bond acceptors (Lipinski definition) is 6. The van der Waals surface area contributed by atoms with Crippen LogP contribution in [0.1, 0.15) is 38.5 Å². The Morgan fingerprint density at radius 1 is 1.08 bits per heavy atom. The molecule has 8 heteroatoms. The molecule has 2 amide bonds. The second kappa shape index (κ2) is 6.31. The minimum atomic E-state index is -0.790. The van der Waals surface area contributed by atoms with E-state index in [1.54, 1.807) is 32.0 Å². The smallest absolute Gasteiger partial charge is 0.330 e. The van der Waals surface area contributed by atoms with Gasteiger partial charge in [0.15, 0.2) is 0 Å². The summed E-state index contributed by atoms with van der Waals surface area (Å²) in [6.45, 7) is 3.47. The number of carbonyl (C=O) groups is 3. The molecule has 0 atom stereocenters. The van der Waals surface area contributed by atoms with Crippen LogP contribution in [0.2, 0.25) is 0 Å². The molecule has 2 heterocycles. The summed E-state index contributed by atoms with van der Waals surface area (Å²) in [5.74, 6) is -2.15. The Morgan fingerprint density at radius 3 is 2.24 bits per heavy atom. The van der Waals surface area contributed by atoms with Crippen molar-refractivity contribution in [1.82, 2.24) is 14.6 Å². The first-order valence-electron chi connectivity index (χ1n) is 7.62. The van der Waals surface area contributed by atoms with Gasteiger partial charge in [-0.15, -0.1) is 0 Å². The maximum absolute atomic E-state index is 12.1. The average molecular weight is 341 g/mol. The number of aromatic nitrogens is 2. The molecule has 1 aromatic heterocycles. The molecule has 128 valence electrons. The van der Waals surface area contributed by atoms with Gasteiger partial charge in [-0.3, -0.25) is 14.2 Å². The molecule has 0 radical (unpaired) electrons. The van der Waals surface area contributed by atoms with Crippen LogP contribution in [0.15, 0.2) is 35.1 Å². The quantitative estimate of drug-likeness (QED) is 0.770. The fourth-order valence-electron chi connectivity index (χ4n) is 2.65. The van der Waals surface area contributed by atoms with Crippen LogP contribution in [0.5, 0.6) is 0 Å². The fraction of sp³-hybridized carbons (Fsp3) is 0.235. The van der Waals surface area contributed by atoms with E-state index < -0.39 is 23.5 Å². The van der Waals surface area contributed by atoms with Gasteiger partial charge in [-0.25, -0.2) is 9.59 Å². The van der Waals surface area contributed by atoms with Crippen molar-refractivity contribution < 1.29 is 19.2 Å². The molecule has 0 aliphatic carbocycles. The molecule has 0 spiro atoms. The van der Waals surface area contributed by atoms with Crippen molar-refractivity contribution in [2.24, 2.45) is 0 Å². The molecule has 2 aromatic rings. The van der Waals surface area contributed by atoms with Crippen molar-refractivity contribution in [1.29, 1.82) is 0 Å². The molecule has 8 nitrogen and oxygen atoms in total. The highest BCUT2D eigenvalue weighted by Gasteiger charge is 2.38. The molecule has 1 aliphatic heterocycles. The molecule has 0 bridgehead atoms. The predicted molar refractivity (Wildman–Crippen MR) is 85.6 cm³/mol. The molecule has 1 aromatic carbocycles. The van der Waals surface area contributed by atoms with E-state index in [1.165, 1.54) is 16.7 Å². The lowest BCUT2D eigenvalue weighted by molar-refractivity contribution is -0.168. The fourth-order valence-corrected chi connectivity index (χ4v) is 2.65. The molecule has 25 heavy (non-hydrogen) atoms. The Morgan fingerprint density at radius 2 is 1.68 bits per heavy atom. The third kappa shape index (κ3) is 3.06. The van der Waals surface area contributed by atoms with Crippen molar-refractivity contribution in [3.05, 3.63) is 63.3 Å². The second-order valence-corrected chi connectivity index (χ2v) is 5.64. The third-order valence-corrected chi connectivity index (χ3v) is 3.84. The summed E-state index contributed by atoms with van der Waals surface area (Å²) in [6, 6.07) is 7.94. The highest BCUT2D eigenvalue weighted by atomic mass is 16.7.